The molecule has 0 aliphatic rings. The van der Waals surface area contributed by atoms with E-state index in [0.717, 1.165) is 0 Å². The molecule has 0 aliphatic carbocycles. The number of carbonyl (C=O) groups is 1. The van der Waals surface area contributed by atoms with Crippen molar-refractivity contribution in [3.05, 3.63) is 0 Å². The Kier molecular flexibility index (Phi) is 15.8. The van der Waals surface area contributed by atoms with Crippen LogP contribution in [0.25, 0.3) is 0 Å². The van der Waals surface area contributed by atoms with Crippen LogP contribution in [-0.4, -0.2) is 28.8 Å². The summed E-state index contributed by atoms with van der Waals surface area (Å²) < 4.78 is 0. The maximum atomic E-state index is 9.65. The number of aliphatic hydroxyl groups is 1. The summed E-state index contributed by atoms with van der Waals surface area (Å²) in [5.41, 5.74) is 4.77. The SMILES string of the molecule is N[C@@H](CO)C(=O)O.[Cl-].[Na+]. The molecule has 0 saturated carbocycles. The molecule has 1 atom stereocenters. The minimum absolute atomic E-state index is 0. The Morgan fingerprint density at radius 1 is 1.67 bits per heavy atom. The molecule has 0 bridgehead atoms. The van der Waals surface area contributed by atoms with Crippen molar-refractivity contribution in [3.63, 3.8) is 0 Å². The minimum Gasteiger partial charge on any atom is -1.00 e. The van der Waals surface area contributed by atoms with Crippen molar-refractivity contribution in [1.29, 1.82) is 0 Å². The standard InChI is InChI=1S/C3H7NO3.ClH.Na/c4-2(1-5)3(6)7;;/h2,5H,1,4H2,(H,6,7);1H;/q;;+1/p-1/t2-;;/m0../s1. The fraction of sp³-hybridized carbons (Fsp3) is 0.667. The Morgan fingerprint density at radius 2 is 2.00 bits per heavy atom. The Morgan fingerprint density at radius 3 is 2.00 bits per heavy atom. The molecule has 0 saturated heterocycles. The van der Waals surface area contributed by atoms with E-state index in [0.29, 0.717) is 0 Å². The van der Waals surface area contributed by atoms with Crippen molar-refractivity contribution >= 4 is 5.97 Å². The maximum absolute atomic E-state index is 9.65. The average molecular weight is 164 g/mol. The van der Waals surface area contributed by atoms with Gasteiger partial charge < -0.3 is 28.4 Å². The minimum atomic E-state index is -1.18. The van der Waals surface area contributed by atoms with Gasteiger partial charge in [0.15, 0.2) is 0 Å². The third-order valence-corrected chi connectivity index (χ3v) is 0.514. The molecule has 0 aromatic heterocycles. The van der Waals surface area contributed by atoms with Crippen LogP contribution in [0.4, 0.5) is 0 Å². The number of halogens is 1. The Bertz CT molecular complexity index is 81.5. The fourth-order valence-electron chi connectivity index (χ4n) is 0.0781. The number of aliphatic carboxylic acids is 1. The van der Waals surface area contributed by atoms with Crippen LogP contribution in [0.2, 0.25) is 0 Å². The first kappa shape index (κ1) is 16.3. The molecule has 0 aromatic carbocycles. The number of hydrogen-bond acceptors (Lipinski definition) is 3. The summed E-state index contributed by atoms with van der Waals surface area (Å²) in [6.07, 6.45) is 0. The molecule has 0 aliphatic heterocycles. The molecule has 0 radical (unpaired) electrons. The molecule has 0 rings (SSSR count). The van der Waals surface area contributed by atoms with Crippen LogP contribution in [0.5, 0.6) is 0 Å². The Labute approximate surface area is 81.1 Å². The zero-order valence-electron chi connectivity index (χ0n) is 5.04. The average Bonchev–Trinajstić information content (AvgIpc) is 1.65. The van der Waals surface area contributed by atoms with Crippen molar-refractivity contribution in [3.8, 4) is 0 Å². The molecule has 9 heavy (non-hydrogen) atoms. The number of carboxylic acid groups (broad SMARTS) is 1. The monoisotopic (exact) mass is 163 g/mol. The number of nitrogens with two attached hydrogens (primary N) is 1. The van der Waals surface area contributed by atoms with E-state index >= 15 is 0 Å². The van der Waals surface area contributed by atoms with Crippen LogP contribution in [0, 0.1) is 0 Å². The molecule has 50 valence electrons. The summed E-state index contributed by atoms with van der Waals surface area (Å²) >= 11 is 0. The van der Waals surface area contributed by atoms with Gasteiger partial charge in [-0.05, 0) is 0 Å². The summed E-state index contributed by atoms with van der Waals surface area (Å²) in [5.74, 6) is -1.18. The van der Waals surface area contributed by atoms with Crippen molar-refractivity contribution < 1.29 is 57.0 Å². The van der Waals surface area contributed by atoms with Gasteiger partial charge in [-0.15, -0.1) is 0 Å². The third-order valence-electron chi connectivity index (χ3n) is 0.514. The summed E-state index contributed by atoms with van der Waals surface area (Å²) in [5, 5.41) is 15.9. The van der Waals surface area contributed by atoms with Gasteiger partial charge >= 0.3 is 35.5 Å². The van der Waals surface area contributed by atoms with E-state index in [2.05, 4.69) is 0 Å². The summed E-state index contributed by atoms with van der Waals surface area (Å²) in [4.78, 5) is 9.65. The van der Waals surface area contributed by atoms with Gasteiger partial charge in [-0.2, -0.15) is 0 Å². The molecule has 6 heteroatoms. The summed E-state index contributed by atoms with van der Waals surface area (Å²) in [6, 6.07) is -1.13. The third kappa shape index (κ3) is 8.68. The van der Waals surface area contributed by atoms with E-state index in [4.69, 9.17) is 15.9 Å². The molecule has 0 heterocycles. The predicted octanol–water partition coefficient (Wildman–Crippen LogP) is -7.60. The van der Waals surface area contributed by atoms with Gasteiger partial charge in [-0.1, -0.05) is 0 Å². The van der Waals surface area contributed by atoms with Gasteiger partial charge in [0.2, 0.25) is 0 Å². The molecule has 0 unspecified atom stereocenters. The van der Waals surface area contributed by atoms with Crippen LogP contribution in [-0.2, 0) is 4.79 Å². The maximum Gasteiger partial charge on any atom is 1.00 e. The van der Waals surface area contributed by atoms with E-state index in [1.807, 2.05) is 0 Å². The van der Waals surface area contributed by atoms with Crippen molar-refractivity contribution in [1.82, 2.24) is 0 Å². The molecular formula is C3H7ClNNaO3. The summed E-state index contributed by atoms with van der Waals surface area (Å²) in [6.45, 7) is -0.505. The van der Waals surface area contributed by atoms with Crippen LogP contribution in [0.15, 0.2) is 0 Å². The molecule has 0 fully saturated rings. The Hall–Kier alpha value is 0.680. The van der Waals surface area contributed by atoms with E-state index in [1.54, 1.807) is 0 Å². The normalized spacial score (nSPS) is 10.4. The van der Waals surface area contributed by atoms with Crippen LogP contribution >= 0.6 is 0 Å². The second kappa shape index (κ2) is 8.68. The van der Waals surface area contributed by atoms with E-state index in [9.17, 15) is 4.79 Å². The first-order valence-electron chi connectivity index (χ1n) is 1.77. The van der Waals surface area contributed by atoms with Crippen molar-refractivity contribution in [2.24, 2.45) is 5.73 Å². The second-order valence-electron chi connectivity index (χ2n) is 1.13. The van der Waals surface area contributed by atoms with Gasteiger partial charge in [-0.25, -0.2) is 0 Å². The topological polar surface area (TPSA) is 83.5 Å². The molecule has 4 nitrogen and oxygen atoms in total. The number of carboxylic acids is 1. The van der Waals surface area contributed by atoms with E-state index in [-0.39, 0.29) is 42.0 Å². The largest absolute Gasteiger partial charge is 1.00 e. The molecule has 0 amide bonds. The molecule has 4 N–H and O–H groups in total. The van der Waals surface area contributed by atoms with Crippen molar-refractivity contribution in [2.75, 3.05) is 6.61 Å². The van der Waals surface area contributed by atoms with Crippen LogP contribution in [0.1, 0.15) is 0 Å². The zero-order valence-corrected chi connectivity index (χ0v) is 7.80. The first-order valence-corrected chi connectivity index (χ1v) is 1.77. The quantitative estimate of drug-likeness (QED) is 0.353. The first-order chi connectivity index (χ1) is 3.18. The van der Waals surface area contributed by atoms with Crippen molar-refractivity contribution in [2.45, 2.75) is 6.04 Å². The van der Waals surface area contributed by atoms with Gasteiger partial charge in [0.1, 0.15) is 6.04 Å². The predicted molar refractivity (Wildman–Crippen MR) is 22.7 cm³/mol. The molecule has 0 aromatic rings. The van der Waals surface area contributed by atoms with Gasteiger partial charge in [0, 0.05) is 0 Å². The zero-order chi connectivity index (χ0) is 5.86. The van der Waals surface area contributed by atoms with Crippen LogP contribution in [0.3, 0.4) is 0 Å². The molecule has 0 spiro atoms. The second-order valence-corrected chi connectivity index (χ2v) is 1.13. The van der Waals surface area contributed by atoms with Crippen LogP contribution < -0.4 is 47.7 Å². The number of hydrogen-bond donors (Lipinski definition) is 3. The van der Waals surface area contributed by atoms with Gasteiger partial charge in [0.05, 0.1) is 6.61 Å². The smallest absolute Gasteiger partial charge is 1.00 e. The Balaban J connectivity index is -0.000000180. The summed E-state index contributed by atoms with van der Waals surface area (Å²) in [7, 11) is 0. The van der Waals surface area contributed by atoms with Gasteiger partial charge in [-0.3, -0.25) is 4.79 Å². The molecular weight excluding hydrogens is 156 g/mol. The van der Waals surface area contributed by atoms with E-state index < -0.39 is 18.6 Å². The van der Waals surface area contributed by atoms with Gasteiger partial charge in [0.25, 0.3) is 0 Å². The van der Waals surface area contributed by atoms with E-state index in [1.165, 1.54) is 0 Å². The fourth-order valence-corrected chi connectivity index (χ4v) is 0.0781. The number of rotatable bonds is 2. The number of aliphatic hydroxyl groups excluding tert-OH is 1.